The number of nitrogens with one attached hydrogen (secondary N) is 2. The number of aromatic nitrogens is 2. The molecule has 1 aliphatic carbocycles. The standard InChI is InChI=1S/C15H25N5O.2ClH/c1-12-10-16-8-9-19(12)11-15(21)18-14-6-7-17-20(14)13-4-2-3-5-13;;/h6-7,12-13,16H,2-5,8-11H2,1H3,(H,18,21);2*1H/t12-;;/m0../s1. The van der Waals surface area contributed by atoms with Crippen LogP contribution in [0, 0.1) is 0 Å². The summed E-state index contributed by atoms with van der Waals surface area (Å²) in [6.45, 7) is 5.45. The molecule has 1 saturated heterocycles. The van der Waals surface area contributed by atoms with Crippen LogP contribution in [0.4, 0.5) is 5.82 Å². The fraction of sp³-hybridized carbons (Fsp3) is 0.733. The van der Waals surface area contributed by atoms with Gasteiger partial charge in [-0.3, -0.25) is 9.69 Å². The molecule has 2 heterocycles. The van der Waals surface area contributed by atoms with Gasteiger partial charge in [0, 0.05) is 31.7 Å². The van der Waals surface area contributed by atoms with Gasteiger partial charge in [0.15, 0.2) is 0 Å². The van der Waals surface area contributed by atoms with Gasteiger partial charge in [-0.05, 0) is 19.8 Å². The van der Waals surface area contributed by atoms with E-state index in [1.807, 2.05) is 10.7 Å². The second kappa shape index (κ2) is 9.47. The van der Waals surface area contributed by atoms with E-state index in [4.69, 9.17) is 0 Å². The highest BCUT2D eigenvalue weighted by Crippen LogP contribution is 2.31. The third kappa shape index (κ3) is 5.08. The molecule has 0 radical (unpaired) electrons. The third-order valence-corrected chi connectivity index (χ3v) is 4.59. The predicted octanol–water partition coefficient (Wildman–Crippen LogP) is 2.07. The molecule has 1 saturated carbocycles. The van der Waals surface area contributed by atoms with Crippen LogP contribution in [0.1, 0.15) is 38.6 Å². The van der Waals surface area contributed by atoms with Crippen molar-refractivity contribution in [2.24, 2.45) is 0 Å². The lowest BCUT2D eigenvalue weighted by molar-refractivity contribution is -0.118. The molecule has 2 fully saturated rings. The fourth-order valence-electron chi connectivity index (χ4n) is 3.34. The molecule has 1 aromatic heterocycles. The number of carbonyl (C=O) groups excluding carboxylic acids is 1. The summed E-state index contributed by atoms with van der Waals surface area (Å²) in [7, 11) is 0. The molecule has 0 spiro atoms. The van der Waals surface area contributed by atoms with Crippen molar-refractivity contribution in [2.45, 2.75) is 44.7 Å². The second-order valence-electron chi connectivity index (χ2n) is 6.17. The van der Waals surface area contributed by atoms with Crippen LogP contribution in [0.2, 0.25) is 0 Å². The van der Waals surface area contributed by atoms with Crippen LogP contribution in [0.3, 0.4) is 0 Å². The van der Waals surface area contributed by atoms with E-state index in [2.05, 4.69) is 27.6 Å². The number of hydrogen-bond acceptors (Lipinski definition) is 4. The zero-order valence-corrected chi connectivity index (χ0v) is 15.2. The van der Waals surface area contributed by atoms with Gasteiger partial charge in [-0.2, -0.15) is 5.10 Å². The van der Waals surface area contributed by atoms with Gasteiger partial charge in [-0.25, -0.2) is 4.68 Å². The summed E-state index contributed by atoms with van der Waals surface area (Å²) < 4.78 is 1.99. The van der Waals surface area contributed by atoms with Crippen molar-refractivity contribution in [1.82, 2.24) is 20.0 Å². The van der Waals surface area contributed by atoms with Crippen molar-refractivity contribution >= 4 is 36.5 Å². The first-order chi connectivity index (χ1) is 10.2. The Balaban J connectivity index is 0.00000132. The van der Waals surface area contributed by atoms with Crippen molar-refractivity contribution in [3.05, 3.63) is 12.3 Å². The fourth-order valence-corrected chi connectivity index (χ4v) is 3.34. The number of halogens is 2. The highest BCUT2D eigenvalue weighted by atomic mass is 35.5. The Morgan fingerprint density at radius 1 is 1.39 bits per heavy atom. The van der Waals surface area contributed by atoms with E-state index in [1.54, 1.807) is 6.20 Å². The quantitative estimate of drug-likeness (QED) is 0.859. The van der Waals surface area contributed by atoms with Crippen LogP contribution >= 0.6 is 24.8 Å². The lowest BCUT2D eigenvalue weighted by Crippen LogP contribution is -2.52. The lowest BCUT2D eigenvalue weighted by atomic mass is 10.2. The first kappa shape index (κ1) is 20.2. The minimum atomic E-state index is 0. The molecule has 0 bridgehead atoms. The van der Waals surface area contributed by atoms with E-state index < -0.39 is 0 Å². The number of anilines is 1. The molecule has 1 aromatic rings. The Hall–Kier alpha value is -0.820. The Kier molecular flexibility index (Phi) is 8.33. The largest absolute Gasteiger partial charge is 0.314 e. The highest BCUT2D eigenvalue weighted by molar-refractivity contribution is 5.91. The molecule has 8 heteroatoms. The number of nitrogens with zero attached hydrogens (tertiary/aromatic N) is 3. The maximum atomic E-state index is 12.3. The molecule has 0 aromatic carbocycles. The van der Waals surface area contributed by atoms with E-state index in [9.17, 15) is 4.79 Å². The van der Waals surface area contributed by atoms with Gasteiger partial charge < -0.3 is 10.6 Å². The summed E-state index contributed by atoms with van der Waals surface area (Å²) in [4.78, 5) is 14.5. The van der Waals surface area contributed by atoms with Crippen molar-refractivity contribution in [1.29, 1.82) is 0 Å². The minimum absolute atomic E-state index is 0. The SMILES string of the molecule is C[C@H]1CNCCN1CC(=O)Nc1ccnn1C1CCCC1.Cl.Cl. The summed E-state index contributed by atoms with van der Waals surface area (Å²) in [6.07, 6.45) is 6.63. The summed E-state index contributed by atoms with van der Waals surface area (Å²) in [5, 5.41) is 10.8. The second-order valence-corrected chi connectivity index (χ2v) is 6.17. The number of amides is 1. The van der Waals surface area contributed by atoms with Crippen molar-refractivity contribution in [3.8, 4) is 0 Å². The molecule has 6 nitrogen and oxygen atoms in total. The van der Waals surface area contributed by atoms with Gasteiger partial charge in [0.05, 0.1) is 18.8 Å². The zero-order chi connectivity index (χ0) is 14.7. The van der Waals surface area contributed by atoms with Crippen LogP contribution in [-0.4, -0.2) is 52.8 Å². The van der Waals surface area contributed by atoms with Crippen molar-refractivity contribution in [3.63, 3.8) is 0 Å². The Morgan fingerprint density at radius 3 is 2.83 bits per heavy atom. The lowest BCUT2D eigenvalue weighted by Gasteiger charge is -2.33. The van der Waals surface area contributed by atoms with Crippen molar-refractivity contribution < 1.29 is 4.79 Å². The average molecular weight is 364 g/mol. The number of rotatable bonds is 4. The van der Waals surface area contributed by atoms with E-state index in [0.29, 0.717) is 18.6 Å². The molecule has 0 unspecified atom stereocenters. The van der Waals surface area contributed by atoms with Gasteiger partial charge >= 0.3 is 0 Å². The van der Waals surface area contributed by atoms with Crippen LogP contribution < -0.4 is 10.6 Å². The molecular formula is C15H27Cl2N5O. The average Bonchev–Trinajstić information content (AvgIpc) is 3.11. The smallest absolute Gasteiger partial charge is 0.239 e. The maximum Gasteiger partial charge on any atom is 0.239 e. The van der Waals surface area contributed by atoms with Crippen LogP contribution in [0.15, 0.2) is 12.3 Å². The summed E-state index contributed by atoms with van der Waals surface area (Å²) in [6, 6.07) is 2.76. The maximum absolute atomic E-state index is 12.3. The molecule has 1 aliphatic heterocycles. The Bertz CT molecular complexity index is 490. The first-order valence-electron chi connectivity index (χ1n) is 8.02. The van der Waals surface area contributed by atoms with Crippen molar-refractivity contribution in [2.75, 3.05) is 31.5 Å². The van der Waals surface area contributed by atoms with Gasteiger partial charge in [0.1, 0.15) is 5.82 Å². The van der Waals surface area contributed by atoms with Crippen LogP contribution in [-0.2, 0) is 4.79 Å². The topological polar surface area (TPSA) is 62.2 Å². The predicted molar refractivity (Wildman–Crippen MR) is 96.8 cm³/mol. The molecule has 23 heavy (non-hydrogen) atoms. The molecule has 2 aliphatic rings. The molecular weight excluding hydrogens is 337 g/mol. The Morgan fingerprint density at radius 2 is 2.13 bits per heavy atom. The summed E-state index contributed by atoms with van der Waals surface area (Å²) >= 11 is 0. The van der Waals surface area contributed by atoms with Gasteiger partial charge in [-0.1, -0.05) is 12.8 Å². The normalized spacial score (nSPS) is 22.2. The van der Waals surface area contributed by atoms with E-state index in [1.165, 1.54) is 25.7 Å². The molecule has 1 atom stereocenters. The summed E-state index contributed by atoms with van der Waals surface area (Å²) in [5.74, 6) is 0.901. The minimum Gasteiger partial charge on any atom is -0.314 e. The van der Waals surface area contributed by atoms with E-state index in [-0.39, 0.29) is 30.7 Å². The highest BCUT2D eigenvalue weighted by Gasteiger charge is 2.23. The Labute approximate surface area is 150 Å². The van der Waals surface area contributed by atoms with Gasteiger partial charge in [0.25, 0.3) is 0 Å². The number of piperazine rings is 1. The molecule has 2 N–H and O–H groups in total. The zero-order valence-electron chi connectivity index (χ0n) is 13.5. The molecule has 132 valence electrons. The number of carbonyl (C=O) groups is 1. The molecule has 3 rings (SSSR count). The molecule has 1 amide bonds. The van der Waals surface area contributed by atoms with Gasteiger partial charge in [0.2, 0.25) is 5.91 Å². The number of hydrogen-bond donors (Lipinski definition) is 2. The van der Waals surface area contributed by atoms with Crippen LogP contribution in [0.5, 0.6) is 0 Å². The van der Waals surface area contributed by atoms with E-state index >= 15 is 0 Å². The third-order valence-electron chi connectivity index (χ3n) is 4.59. The van der Waals surface area contributed by atoms with Gasteiger partial charge in [-0.15, -0.1) is 24.8 Å². The van der Waals surface area contributed by atoms with Crippen LogP contribution in [0.25, 0.3) is 0 Å². The monoisotopic (exact) mass is 363 g/mol. The van der Waals surface area contributed by atoms with E-state index in [0.717, 1.165) is 25.5 Å². The summed E-state index contributed by atoms with van der Waals surface area (Å²) in [5.41, 5.74) is 0. The first-order valence-corrected chi connectivity index (χ1v) is 8.02.